The average molecular weight is 286 g/mol. The highest BCUT2D eigenvalue weighted by molar-refractivity contribution is 5.94. The first kappa shape index (κ1) is 15.6. The zero-order chi connectivity index (χ0) is 15.3. The summed E-state index contributed by atoms with van der Waals surface area (Å²) in [7, 11) is 0. The van der Waals surface area contributed by atoms with Gasteiger partial charge in [0.25, 0.3) is 5.91 Å². The minimum Gasteiger partial charge on any atom is -0.382 e. The summed E-state index contributed by atoms with van der Waals surface area (Å²) in [6.07, 6.45) is 6.65. The summed E-state index contributed by atoms with van der Waals surface area (Å²) >= 11 is 0. The molecule has 2 N–H and O–H groups in total. The van der Waals surface area contributed by atoms with Crippen LogP contribution < -0.4 is 10.6 Å². The van der Waals surface area contributed by atoms with Crippen molar-refractivity contribution in [2.24, 2.45) is 5.41 Å². The smallest absolute Gasteiger partial charge is 0.251 e. The van der Waals surface area contributed by atoms with Gasteiger partial charge in [-0.1, -0.05) is 19.9 Å². The van der Waals surface area contributed by atoms with Crippen molar-refractivity contribution in [3.8, 4) is 0 Å². The van der Waals surface area contributed by atoms with Crippen molar-refractivity contribution in [2.75, 3.05) is 11.9 Å². The first-order valence-electron chi connectivity index (χ1n) is 7.76. The lowest BCUT2D eigenvalue weighted by Gasteiger charge is -2.35. The quantitative estimate of drug-likeness (QED) is 0.804. The fraction of sp³-hybridized carbons (Fsp3) is 0.500. The van der Waals surface area contributed by atoms with Crippen molar-refractivity contribution in [2.45, 2.75) is 45.6 Å². The number of hydrogen-bond acceptors (Lipinski definition) is 2. The Balaban J connectivity index is 1.88. The lowest BCUT2D eigenvalue weighted by molar-refractivity contribution is 0.0958. The topological polar surface area (TPSA) is 41.1 Å². The molecular weight excluding hydrogens is 260 g/mol. The Bertz CT molecular complexity index is 480. The third-order valence-corrected chi connectivity index (χ3v) is 4.26. The largest absolute Gasteiger partial charge is 0.382 e. The van der Waals surface area contributed by atoms with E-state index in [0.29, 0.717) is 23.6 Å². The third-order valence-electron chi connectivity index (χ3n) is 4.26. The van der Waals surface area contributed by atoms with Crippen molar-refractivity contribution in [3.05, 3.63) is 42.5 Å². The van der Waals surface area contributed by atoms with Crippen LogP contribution in [-0.2, 0) is 0 Å². The molecule has 0 spiro atoms. The molecule has 1 aliphatic rings. The van der Waals surface area contributed by atoms with Gasteiger partial charge in [-0.3, -0.25) is 4.79 Å². The highest BCUT2D eigenvalue weighted by atomic mass is 16.1. The lowest BCUT2D eigenvalue weighted by Crippen LogP contribution is -2.29. The van der Waals surface area contributed by atoms with Crippen LogP contribution in [0.2, 0.25) is 0 Å². The van der Waals surface area contributed by atoms with E-state index in [0.717, 1.165) is 5.69 Å². The van der Waals surface area contributed by atoms with Crippen LogP contribution in [0.25, 0.3) is 0 Å². The van der Waals surface area contributed by atoms with Crippen molar-refractivity contribution >= 4 is 11.6 Å². The molecule has 21 heavy (non-hydrogen) atoms. The van der Waals surface area contributed by atoms with E-state index < -0.39 is 0 Å². The number of benzene rings is 1. The molecule has 0 radical (unpaired) electrons. The predicted octanol–water partition coefficient (Wildman–Crippen LogP) is 3.98. The first-order valence-corrected chi connectivity index (χ1v) is 7.76. The maximum atomic E-state index is 11.8. The maximum Gasteiger partial charge on any atom is 0.251 e. The van der Waals surface area contributed by atoms with Crippen LogP contribution in [0.3, 0.4) is 0 Å². The molecule has 1 aromatic rings. The minimum absolute atomic E-state index is 0.0548. The summed E-state index contributed by atoms with van der Waals surface area (Å²) < 4.78 is 0. The molecule has 1 aromatic carbocycles. The van der Waals surface area contributed by atoms with Crippen LogP contribution in [-0.4, -0.2) is 18.5 Å². The first-order chi connectivity index (χ1) is 10.00. The molecule has 1 saturated carbocycles. The van der Waals surface area contributed by atoms with E-state index in [1.54, 1.807) is 6.08 Å². The van der Waals surface area contributed by atoms with Crippen molar-refractivity contribution in [1.82, 2.24) is 5.32 Å². The van der Waals surface area contributed by atoms with Crippen molar-refractivity contribution in [3.63, 3.8) is 0 Å². The molecule has 0 aliphatic heterocycles. The molecule has 0 bridgehead atoms. The second-order valence-corrected chi connectivity index (χ2v) is 6.66. The number of nitrogens with one attached hydrogen (secondary N) is 2. The number of carbonyl (C=O) groups excluding carboxylic acids is 1. The zero-order valence-electron chi connectivity index (χ0n) is 13.1. The molecule has 3 nitrogen and oxygen atoms in total. The van der Waals surface area contributed by atoms with E-state index >= 15 is 0 Å². The summed E-state index contributed by atoms with van der Waals surface area (Å²) in [4.78, 5) is 11.8. The highest BCUT2D eigenvalue weighted by Gasteiger charge is 2.26. The zero-order valence-corrected chi connectivity index (χ0v) is 13.1. The van der Waals surface area contributed by atoms with E-state index in [9.17, 15) is 4.79 Å². The second-order valence-electron chi connectivity index (χ2n) is 6.66. The number of anilines is 1. The summed E-state index contributed by atoms with van der Waals surface area (Å²) in [5.41, 5.74) is 2.28. The molecule has 0 aromatic heterocycles. The van der Waals surface area contributed by atoms with E-state index in [2.05, 4.69) is 31.1 Å². The van der Waals surface area contributed by atoms with Gasteiger partial charge in [0.15, 0.2) is 0 Å². The summed E-state index contributed by atoms with van der Waals surface area (Å²) in [5.74, 6) is -0.0548. The second kappa shape index (κ2) is 6.79. The van der Waals surface area contributed by atoms with Crippen LogP contribution in [0.4, 0.5) is 5.69 Å². The van der Waals surface area contributed by atoms with Gasteiger partial charge < -0.3 is 10.6 Å². The van der Waals surface area contributed by atoms with Gasteiger partial charge in [0.05, 0.1) is 0 Å². The molecular formula is C18H26N2O. The van der Waals surface area contributed by atoms with E-state index in [1.807, 2.05) is 24.3 Å². The van der Waals surface area contributed by atoms with Gasteiger partial charge in [0, 0.05) is 23.8 Å². The Morgan fingerprint density at radius 1 is 1.29 bits per heavy atom. The Hall–Kier alpha value is -1.77. The van der Waals surface area contributed by atoms with Crippen LogP contribution >= 0.6 is 0 Å². The molecule has 1 amide bonds. The Labute approximate surface area is 127 Å². The number of hydrogen-bond donors (Lipinski definition) is 2. The van der Waals surface area contributed by atoms with E-state index in [-0.39, 0.29) is 5.91 Å². The van der Waals surface area contributed by atoms with Crippen LogP contribution in [0.15, 0.2) is 36.9 Å². The molecule has 3 heteroatoms. The van der Waals surface area contributed by atoms with E-state index in [4.69, 9.17) is 0 Å². The fourth-order valence-corrected chi connectivity index (χ4v) is 2.76. The van der Waals surface area contributed by atoms with Crippen LogP contribution in [0.1, 0.15) is 49.9 Å². The number of amides is 1. The molecule has 0 unspecified atom stereocenters. The predicted molar refractivity (Wildman–Crippen MR) is 88.6 cm³/mol. The summed E-state index contributed by atoms with van der Waals surface area (Å²) in [5, 5.41) is 6.36. The maximum absolute atomic E-state index is 11.8. The molecule has 0 atom stereocenters. The van der Waals surface area contributed by atoms with Crippen molar-refractivity contribution < 1.29 is 4.79 Å². The van der Waals surface area contributed by atoms with Crippen molar-refractivity contribution in [1.29, 1.82) is 0 Å². The SMILES string of the molecule is C=CCNC(=O)c1ccc(NC2CCC(C)(C)CC2)cc1. The normalized spacial score (nSPS) is 18.0. The molecule has 1 aliphatic carbocycles. The Morgan fingerprint density at radius 3 is 2.48 bits per heavy atom. The Morgan fingerprint density at radius 2 is 1.90 bits per heavy atom. The monoisotopic (exact) mass is 286 g/mol. The fourth-order valence-electron chi connectivity index (χ4n) is 2.76. The standard InChI is InChI=1S/C18H26N2O/c1-4-13-19-17(21)14-5-7-15(8-6-14)20-16-9-11-18(2,3)12-10-16/h4-8,16,20H,1,9-13H2,2-3H3,(H,19,21). The summed E-state index contributed by atoms with van der Waals surface area (Å²) in [6, 6.07) is 8.27. The van der Waals surface area contributed by atoms with Gasteiger partial charge in [-0.2, -0.15) is 0 Å². The minimum atomic E-state index is -0.0548. The van der Waals surface area contributed by atoms with Gasteiger partial charge in [0.1, 0.15) is 0 Å². The van der Waals surface area contributed by atoms with Crippen LogP contribution in [0.5, 0.6) is 0 Å². The lowest BCUT2D eigenvalue weighted by atomic mass is 9.75. The molecule has 1 fully saturated rings. The molecule has 0 saturated heterocycles. The third kappa shape index (κ3) is 4.62. The van der Waals surface area contributed by atoms with Gasteiger partial charge in [-0.05, 0) is 55.4 Å². The molecule has 2 rings (SSSR count). The summed E-state index contributed by atoms with van der Waals surface area (Å²) in [6.45, 7) is 8.78. The molecule has 114 valence electrons. The number of rotatable bonds is 5. The van der Waals surface area contributed by atoms with E-state index in [1.165, 1.54) is 25.7 Å². The highest BCUT2D eigenvalue weighted by Crippen LogP contribution is 2.36. The van der Waals surface area contributed by atoms with Gasteiger partial charge in [-0.25, -0.2) is 0 Å². The average Bonchev–Trinajstić information content (AvgIpc) is 2.48. The number of carbonyl (C=O) groups is 1. The van der Waals surface area contributed by atoms with Gasteiger partial charge in [0.2, 0.25) is 0 Å². The molecule has 0 heterocycles. The van der Waals surface area contributed by atoms with Gasteiger partial charge in [-0.15, -0.1) is 6.58 Å². The van der Waals surface area contributed by atoms with Gasteiger partial charge >= 0.3 is 0 Å². The van der Waals surface area contributed by atoms with Crippen LogP contribution in [0, 0.1) is 5.41 Å². The Kier molecular flexibility index (Phi) is 5.05.